The third-order valence-electron chi connectivity index (χ3n) is 3.96. The highest BCUT2D eigenvalue weighted by molar-refractivity contribution is 6.06. The van der Waals surface area contributed by atoms with Crippen LogP contribution in [-0.2, 0) is 0 Å². The highest BCUT2D eigenvalue weighted by atomic mass is 19.1. The maximum atomic E-state index is 13.3. The summed E-state index contributed by atoms with van der Waals surface area (Å²) in [5.74, 6) is 0.280. The second-order valence-corrected chi connectivity index (χ2v) is 5.58. The van der Waals surface area contributed by atoms with Crippen molar-refractivity contribution in [1.82, 2.24) is 9.97 Å². The molecule has 1 aromatic heterocycles. The molecular weight excluding hydrogens is 321 g/mol. The Bertz CT molecular complexity index is 914. The first-order valence-corrected chi connectivity index (χ1v) is 7.84. The molecule has 2 heterocycles. The van der Waals surface area contributed by atoms with Crippen molar-refractivity contribution in [3.05, 3.63) is 72.3 Å². The van der Waals surface area contributed by atoms with Crippen molar-refractivity contribution in [1.29, 1.82) is 0 Å². The Morgan fingerprint density at radius 3 is 2.60 bits per heavy atom. The predicted molar refractivity (Wildman–Crippen MR) is 91.0 cm³/mol. The molecule has 1 amide bonds. The van der Waals surface area contributed by atoms with E-state index in [1.807, 2.05) is 30.3 Å². The molecule has 0 bridgehead atoms. The van der Waals surface area contributed by atoms with E-state index in [2.05, 4.69) is 9.97 Å². The largest absolute Gasteiger partial charge is 0.489 e. The van der Waals surface area contributed by atoms with Gasteiger partial charge in [0, 0.05) is 24.0 Å². The van der Waals surface area contributed by atoms with Crippen molar-refractivity contribution in [2.24, 2.45) is 0 Å². The molecule has 0 saturated heterocycles. The van der Waals surface area contributed by atoms with Gasteiger partial charge in [-0.3, -0.25) is 4.79 Å². The zero-order chi connectivity index (χ0) is 17.2. The number of anilines is 1. The number of carbonyl (C=O) groups is 1. The van der Waals surface area contributed by atoms with Gasteiger partial charge >= 0.3 is 0 Å². The van der Waals surface area contributed by atoms with E-state index in [9.17, 15) is 9.18 Å². The zero-order valence-corrected chi connectivity index (χ0v) is 13.2. The third kappa shape index (κ3) is 2.94. The summed E-state index contributed by atoms with van der Waals surface area (Å²) in [6.07, 6.45) is 3.02. The summed E-state index contributed by atoms with van der Waals surface area (Å²) < 4.78 is 18.8. The third-order valence-corrected chi connectivity index (χ3v) is 3.96. The fourth-order valence-electron chi connectivity index (χ4n) is 2.74. The molecule has 0 unspecified atom stereocenters. The number of halogens is 1. The van der Waals surface area contributed by atoms with Crippen LogP contribution in [0, 0.1) is 5.82 Å². The number of carbonyl (C=O) groups excluding carboxylic acids is 1. The van der Waals surface area contributed by atoms with Crippen LogP contribution >= 0.6 is 0 Å². The number of amides is 1. The molecule has 1 aliphatic heterocycles. The van der Waals surface area contributed by atoms with E-state index in [0.29, 0.717) is 36.0 Å². The van der Waals surface area contributed by atoms with Crippen molar-refractivity contribution in [2.75, 3.05) is 18.1 Å². The average Bonchev–Trinajstić information content (AvgIpc) is 2.67. The molecule has 2 aromatic carbocycles. The molecular formula is C19H14FN3O2. The molecule has 0 aliphatic carbocycles. The van der Waals surface area contributed by atoms with Gasteiger partial charge in [0.2, 0.25) is 0 Å². The molecule has 1 aliphatic rings. The fourth-order valence-corrected chi connectivity index (χ4v) is 2.74. The second-order valence-electron chi connectivity index (χ2n) is 5.58. The van der Waals surface area contributed by atoms with Crippen LogP contribution in [-0.4, -0.2) is 29.0 Å². The number of fused-ring (bicyclic) bond motifs is 1. The minimum Gasteiger partial charge on any atom is -0.489 e. The molecule has 5 nitrogen and oxygen atoms in total. The smallest absolute Gasteiger partial charge is 0.261 e. The lowest BCUT2D eigenvalue weighted by molar-refractivity contribution is 0.0975. The maximum absolute atomic E-state index is 13.3. The maximum Gasteiger partial charge on any atom is 0.261 e. The number of rotatable bonds is 2. The van der Waals surface area contributed by atoms with E-state index >= 15 is 0 Å². The first-order chi connectivity index (χ1) is 12.2. The molecule has 0 N–H and O–H groups in total. The van der Waals surface area contributed by atoms with E-state index in [0.717, 1.165) is 5.56 Å². The van der Waals surface area contributed by atoms with Crippen molar-refractivity contribution >= 4 is 11.6 Å². The van der Waals surface area contributed by atoms with Gasteiger partial charge < -0.3 is 9.64 Å². The number of benzene rings is 2. The molecule has 3 aromatic rings. The molecule has 0 fully saturated rings. The Morgan fingerprint density at radius 1 is 1.08 bits per heavy atom. The first-order valence-electron chi connectivity index (χ1n) is 7.84. The Kier molecular flexibility index (Phi) is 3.85. The van der Waals surface area contributed by atoms with Gasteiger partial charge in [0.25, 0.3) is 5.91 Å². The van der Waals surface area contributed by atoms with Crippen molar-refractivity contribution in [3.63, 3.8) is 0 Å². The monoisotopic (exact) mass is 335 g/mol. The lowest BCUT2D eigenvalue weighted by Crippen LogP contribution is -2.38. The van der Waals surface area contributed by atoms with Crippen LogP contribution in [0.15, 0.2) is 60.9 Å². The standard InChI is InChI=1S/C19H14FN3O2/c20-15-6-7-16-17(10-15)25-9-8-23(16)19(24)14-11-21-18(22-12-14)13-4-2-1-3-5-13/h1-7,10-12H,8-9H2. The lowest BCUT2D eigenvalue weighted by atomic mass is 10.2. The summed E-state index contributed by atoms with van der Waals surface area (Å²) in [5.41, 5.74) is 1.80. The SMILES string of the molecule is O=C(c1cnc(-c2ccccc2)nc1)N1CCOc2cc(F)ccc21. The van der Waals surface area contributed by atoms with Gasteiger partial charge in [-0.2, -0.15) is 0 Å². The summed E-state index contributed by atoms with van der Waals surface area (Å²) in [6, 6.07) is 13.7. The Labute approximate surface area is 143 Å². The summed E-state index contributed by atoms with van der Waals surface area (Å²) in [6.45, 7) is 0.697. The van der Waals surface area contributed by atoms with E-state index in [1.54, 1.807) is 11.0 Å². The highest BCUT2D eigenvalue weighted by Crippen LogP contribution is 2.33. The van der Waals surface area contributed by atoms with Gasteiger partial charge in [-0.15, -0.1) is 0 Å². The van der Waals surface area contributed by atoms with E-state index < -0.39 is 5.82 Å². The van der Waals surface area contributed by atoms with Crippen LogP contribution in [0.5, 0.6) is 5.75 Å². The number of nitrogens with zero attached hydrogens (tertiary/aromatic N) is 3. The van der Waals surface area contributed by atoms with Gasteiger partial charge in [-0.05, 0) is 12.1 Å². The van der Waals surface area contributed by atoms with E-state index in [4.69, 9.17) is 4.74 Å². The molecule has 0 atom stereocenters. The Balaban J connectivity index is 1.62. The number of ether oxygens (including phenoxy) is 1. The molecule has 0 spiro atoms. The minimum absolute atomic E-state index is 0.240. The van der Waals surface area contributed by atoms with Crippen molar-refractivity contribution < 1.29 is 13.9 Å². The van der Waals surface area contributed by atoms with E-state index in [-0.39, 0.29) is 5.91 Å². The molecule has 4 rings (SSSR count). The molecule has 0 saturated carbocycles. The van der Waals surface area contributed by atoms with Gasteiger partial charge in [0.05, 0.1) is 17.8 Å². The normalized spacial score (nSPS) is 13.1. The number of aromatic nitrogens is 2. The minimum atomic E-state index is -0.399. The van der Waals surface area contributed by atoms with Gasteiger partial charge in [-0.25, -0.2) is 14.4 Å². The van der Waals surface area contributed by atoms with Crippen LogP contribution in [0.25, 0.3) is 11.4 Å². The lowest BCUT2D eigenvalue weighted by Gasteiger charge is -2.29. The van der Waals surface area contributed by atoms with Crippen molar-refractivity contribution in [2.45, 2.75) is 0 Å². The van der Waals surface area contributed by atoms with Crippen LogP contribution in [0.4, 0.5) is 10.1 Å². The number of hydrogen-bond acceptors (Lipinski definition) is 4. The van der Waals surface area contributed by atoms with Gasteiger partial charge in [0.15, 0.2) is 5.82 Å². The molecule has 6 heteroatoms. The van der Waals surface area contributed by atoms with Crippen molar-refractivity contribution in [3.8, 4) is 17.1 Å². The molecule has 25 heavy (non-hydrogen) atoms. The van der Waals surface area contributed by atoms with E-state index in [1.165, 1.54) is 24.5 Å². The summed E-state index contributed by atoms with van der Waals surface area (Å²) in [4.78, 5) is 22.9. The first kappa shape index (κ1) is 15.3. The predicted octanol–water partition coefficient (Wildman–Crippen LogP) is 3.32. The van der Waals surface area contributed by atoms with Gasteiger partial charge in [0.1, 0.15) is 18.2 Å². The van der Waals surface area contributed by atoms with Crippen LogP contribution in [0.3, 0.4) is 0 Å². The topological polar surface area (TPSA) is 55.3 Å². The highest BCUT2D eigenvalue weighted by Gasteiger charge is 2.25. The molecule has 124 valence electrons. The second kappa shape index (κ2) is 6.32. The quantitative estimate of drug-likeness (QED) is 0.721. The summed E-state index contributed by atoms with van der Waals surface area (Å²) in [5, 5.41) is 0. The van der Waals surface area contributed by atoms with Crippen LogP contribution in [0.2, 0.25) is 0 Å². The summed E-state index contributed by atoms with van der Waals surface area (Å²) in [7, 11) is 0. The summed E-state index contributed by atoms with van der Waals surface area (Å²) >= 11 is 0. The Morgan fingerprint density at radius 2 is 1.84 bits per heavy atom. The average molecular weight is 335 g/mol. The number of hydrogen-bond donors (Lipinski definition) is 0. The van der Waals surface area contributed by atoms with Gasteiger partial charge in [-0.1, -0.05) is 30.3 Å². The van der Waals surface area contributed by atoms with Crippen LogP contribution < -0.4 is 9.64 Å². The fraction of sp³-hybridized carbons (Fsp3) is 0.105. The Hall–Kier alpha value is -3.28. The molecule has 0 radical (unpaired) electrons. The zero-order valence-electron chi connectivity index (χ0n) is 13.2. The van der Waals surface area contributed by atoms with Crippen LogP contribution in [0.1, 0.15) is 10.4 Å².